The van der Waals surface area contributed by atoms with Crippen LogP contribution in [0.2, 0.25) is 0 Å². The van der Waals surface area contributed by atoms with Gasteiger partial charge in [-0.2, -0.15) is 0 Å². The highest BCUT2D eigenvalue weighted by Gasteiger charge is 2.44. The molecule has 1 amide bonds. The van der Waals surface area contributed by atoms with Gasteiger partial charge < -0.3 is 24.3 Å². The normalized spacial score (nSPS) is 25.7. The van der Waals surface area contributed by atoms with Crippen molar-refractivity contribution in [3.8, 4) is 5.75 Å². The van der Waals surface area contributed by atoms with Crippen LogP contribution in [0.1, 0.15) is 58.1 Å². The smallest absolute Gasteiger partial charge is 0.495 e. The molecule has 1 aromatic carbocycles. The van der Waals surface area contributed by atoms with E-state index in [0.29, 0.717) is 5.75 Å². The van der Waals surface area contributed by atoms with Crippen molar-refractivity contribution in [2.24, 2.45) is 5.92 Å². The summed E-state index contributed by atoms with van der Waals surface area (Å²) in [7, 11) is 1.59. The summed E-state index contributed by atoms with van der Waals surface area (Å²) in [6.07, 6.45) is 2.91. The highest BCUT2D eigenvalue weighted by molar-refractivity contribution is 5.84. The molecule has 8 nitrogen and oxygen atoms in total. The van der Waals surface area contributed by atoms with Crippen LogP contribution >= 0.6 is 0 Å². The predicted octanol–water partition coefficient (Wildman–Crippen LogP) is 4.90. The molecule has 32 heavy (non-hydrogen) atoms. The molecule has 2 atom stereocenters. The number of hydrogen-bond acceptors (Lipinski definition) is 7. The number of amides is 1. The number of rotatable bonds is 4. The van der Waals surface area contributed by atoms with Crippen LogP contribution in [0, 0.1) is 5.92 Å². The zero-order chi connectivity index (χ0) is 22.9. The largest absolute Gasteiger partial charge is 0.509 e. The van der Waals surface area contributed by atoms with Gasteiger partial charge in [0.15, 0.2) is 6.10 Å². The molecule has 2 heterocycles. The van der Waals surface area contributed by atoms with E-state index in [0.717, 1.165) is 42.1 Å². The summed E-state index contributed by atoms with van der Waals surface area (Å²) in [4.78, 5) is 28.7. The van der Waals surface area contributed by atoms with Crippen molar-refractivity contribution in [2.45, 2.75) is 70.3 Å². The Hall–Kier alpha value is -3.03. The average Bonchev–Trinajstić information content (AvgIpc) is 3.13. The second-order valence-electron chi connectivity index (χ2n) is 9.42. The van der Waals surface area contributed by atoms with E-state index in [2.05, 4.69) is 10.3 Å². The fraction of sp³-hybridized carbons (Fsp3) is 0.542. The lowest BCUT2D eigenvalue weighted by molar-refractivity contribution is 0.0436. The first-order valence-corrected chi connectivity index (χ1v) is 11.0. The van der Waals surface area contributed by atoms with Gasteiger partial charge in [-0.25, -0.2) is 9.59 Å². The van der Waals surface area contributed by atoms with Gasteiger partial charge in [0.25, 0.3) is 0 Å². The molecule has 1 aliphatic heterocycles. The predicted molar refractivity (Wildman–Crippen MR) is 118 cm³/mol. The first-order chi connectivity index (χ1) is 15.2. The number of benzene rings is 1. The highest BCUT2D eigenvalue weighted by atomic mass is 16.8. The molecule has 0 spiro atoms. The monoisotopic (exact) mass is 442 g/mol. The molecule has 172 valence electrons. The maximum Gasteiger partial charge on any atom is 0.509 e. The van der Waals surface area contributed by atoms with E-state index in [1.807, 2.05) is 45.0 Å². The Balaban J connectivity index is 1.47. The number of carbonyl (C=O) groups is 2. The summed E-state index contributed by atoms with van der Waals surface area (Å²) in [5.74, 6) is 0.775. The Labute approximate surface area is 187 Å². The first kappa shape index (κ1) is 22.2. The Bertz CT molecular complexity index is 994. The maximum absolute atomic E-state index is 12.1. The lowest BCUT2D eigenvalue weighted by atomic mass is 9.79. The van der Waals surface area contributed by atoms with Gasteiger partial charge in [-0.05, 0) is 58.6 Å². The minimum atomic E-state index is -0.651. The molecule has 1 saturated heterocycles. The van der Waals surface area contributed by atoms with Crippen molar-refractivity contribution in [3.63, 3.8) is 0 Å². The van der Waals surface area contributed by atoms with Crippen molar-refractivity contribution in [2.75, 3.05) is 7.11 Å². The molecule has 2 unspecified atom stereocenters. The van der Waals surface area contributed by atoms with Crippen molar-refractivity contribution in [3.05, 3.63) is 36.0 Å². The van der Waals surface area contributed by atoms with Crippen molar-refractivity contribution >= 4 is 23.2 Å². The zero-order valence-electron chi connectivity index (χ0n) is 18.9. The molecule has 1 N–H and O–H groups in total. The van der Waals surface area contributed by atoms with E-state index in [1.165, 1.54) is 0 Å². The summed E-state index contributed by atoms with van der Waals surface area (Å²) in [6, 6.07) is 7.71. The number of fused-ring (bicyclic) bond motifs is 1. The minimum absolute atomic E-state index is 0.0450. The summed E-state index contributed by atoms with van der Waals surface area (Å²) < 4.78 is 21.9. The van der Waals surface area contributed by atoms with Crippen molar-refractivity contribution in [1.29, 1.82) is 0 Å². The van der Waals surface area contributed by atoms with Gasteiger partial charge in [0.05, 0.1) is 18.8 Å². The van der Waals surface area contributed by atoms with Gasteiger partial charge in [-0.3, -0.25) is 4.98 Å². The zero-order valence-corrected chi connectivity index (χ0v) is 18.9. The second kappa shape index (κ2) is 8.84. The van der Waals surface area contributed by atoms with Crippen LogP contribution in [0.15, 0.2) is 30.5 Å². The molecule has 2 aliphatic rings. The lowest BCUT2D eigenvalue weighted by Gasteiger charge is -2.33. The molecule has 0 radical (unpaired) electrons. The second-order valence-corrected chi connectivity index (χ2v) is 9.42. The van der Waals surface area contributed by atoms with Crippen LogP contribution in [0.25, 0.3) is 10.9 Å². The molecule has 2 fully saturated rings. The minimum Gasteiger partial charge on any atom is -0.495 e. The molecular formula is C24H30N2O6. The number of aromatic nitrogens is 1. The fourth-order valence-corrected chi connectivity index (χ4v) is 4.53. The third kappa shape index (κ3) is 4.89. The number of nitrogens with one attached hydrogen (secondary N) is 1. The summed E-state index contributed by atoms with van der Waals surface area (Å²) in [5.41, 5.74) is 1.13. The number of hydrogen-bond donors (Lipinski definition) is 1. The van der Waals surface area contributed by atoms with E-state index in [9.17, 15) is 9.59 Å². The Morgan fingerprint density at radius 1 is 1.16 bits per heavy atom. The molecule has 2 aromatic rings. The van der Waals surface area contributed by atoms with Crippen molar-refractivity contribution < 1.29 is 28.5 Å². The van der Waals surface area contributed by atoms with Crippen LogP contribution in [-0.4, -0.2) is 42.1 Å². The van der Waals surface area contributed by atoms with Gasteiger partial charge in [0, 0.05) is 22.9 Å². The highest BCUT2D eigenvalue weighted by Crippen LogP contribution is 2.42. The quantitative estimate of drug-likeness (QED) is 0.673. The van der Waals surface area contributed by atoms with Crippen LogP contribution in [0.4, 0.5) is 9.59 Å². The number of nitrogens with zero attached hydrogens (tertiary/aromatic N) is 1. The standard InChI is InChI=1S/C24H30N2O6/c1-24(2,3)32-22(27)26-15-10-8-14(9-11-15)20-21(31-23(28)30-20)17-6-5-7-19-18(17)12-16(29-4)13-25-19/h5-7,12-15,20-21H,8-11H2,1-4H3,(H,26,27)/t14-,15-,20?,21?. The molecular weight excluding hydrogens is 412 g/mol. The van der Waals surface area contributed by atoms with Crippen LogP contribution in [0.3, 0.4) is 0 Å². The van der Waals surface area contributed by atoms with Crippen LogP contribution in [-0.2, 0) is 14.2 Å². The molecule has 1 aromatic heterocycles. The molecule has 1 saturated carbocycles. The number of pyridine rings is 1. The Kier molecular flexibility index (Phi) is 6.13. The van der Waals surface area contributed by atoms with Gasteiger partial charge >= 0.3 is 12.2 Å². The van der Waals surface area contributed by atoms with Gasteiger partial charge in [-0.15, -0.1) is 0 Å². The summed E-state index contributed by atoms with van der Waals surface area (Å²) in [6.45, 7) is 5.53. The third-order valence-corrected chi connectivity index (χ3v) is 5.99. The number of alkyl carbamates (subject to hydrolysis) is 1. The van der Waals surface area contributed by atoms with Gasteiger partial charge in [-0.1, -0.05) is 12.1 Å². The number of cyclic esters (lactones) is 2. The van der Waals surface area contributed by atoms with E-state index >= 15 is 0 Å². The SMILES string of the molecule is COc1cnc2cccc(C3OC(=O)OC3[C@H]3CC[C@H](NC(=O)OC(C)(C)C)CC3)c2c1. The van der Waals surface area contributed by atoms with Crippen molar-refractivity contribution in [1.82, 2.24) is 10.3 Å². The van der Waals surface area contributed by atoms with Crippen LogP contribution < -0.4 is 10.1 Å². The Morgan fingerprint density at radius 2 is 1.91 bits per heavy atom. The molecule has 0 bridgehead atoms. The maximum atomic E-state index is 12.1. The molecule has 1 aliphatic carbocycles. The fourth-order valence-electron chi connectivity index (χ4n) is 4.53. The molecule has 8 heteroatoms. The van der Waals surface area contributed by atoms with Gasteiger partial charge in [0.1, 0.15) is 17.5 Å². The first-order valence-electron chi connectivity index (χ1n) is 11.0. The van der Waals surface area contributed by atoms with Gasteiger partial charge in [0.2, 0.25) is 0 Å². The average molecular weight is 443 g/mol. The van der Waals surface area contributed by atoms with E-state index in [1.54, 1.807) is 13.3 Å². The number of methoxy groups -OCH3 is 1. The summed E-state index contributed by atoms with van der Waals surface area (Å²) >= 11 is 0. The molecule has 4 rings (SSSR count). The topological polar surface area (TPSA) is 96.0 Å². The number of ether oxygens (including phenoxy) is 4. The van der Waals surface area contributed by atoms with E-state index in [-0.39, 0.29) is 18.1 Å². The number of carbonyl (C=O) groups excluding carboxylic acids is 2. The Morgan fingerprint density at radius 3 is 2.59 bits per heavy atom. The summed E-state index contributed by atoms with van der Waals surface area (Å²) in [5, 5.41) is 3.83. The van der Waals surface area contributed by atoms with Crippen LogP contribution in [0.5, 0.6) is 5.75 Å². The van der Waals surface area contributed by atoms with E-state index < -0.39 is 24.0 Å². The third-order valence-electron chi connectivity index (χ3n) is 5.99. The van der Waals surface area contributed by atoms with E-state index in [4.69, 9.17) is 18.9 Å². The lowest BCUT2D eigenvalue weighted by Crippen LogP contribution is -2.42.